The number of carboxylic acids is 1. The highest BCUT2D eigenvalue weighted by Gasteiger charge is 2.16. The summed E-state index contributed by atoms with van der Waals surface area (Å²) in [4.78, 5) is 16.1. The van der Waals surface area contributed by atoms with E-state index in [0.717, 1.165) is 21.0 Å². The van der Waals surface area contributed by atoms with Crippen molar-refractivity contribution in [1.29, 1.82) is 0 Å². The van der Waals surface area contributed by atoms with Crippen molar-refractivity contribution in [1.82, 2.24) is 4.98 Å². The van der Waals surface area contributed by atoms with Crippen LogP contribution in [0.25, 0.3) is 10.6 Å². The van der Waals surface area contributed by atoms with Crippen molar-refractivity contribution in [2.45, 2.75) is 20.3 Å². The van der Waals surface area contributed by atoms with Crippen LogP contribution in [0.4, 0.5) is 0 Å². The lowest BCUT2D eigenvalue weighted by Gasteiger charge is -1.96. The summed E-state index contributed by atoms with van der Waals surface area (Å²) in [6.07, 6.45) is 0.700. The number of aryl methyl sites for hydroxylation is 2. The molecule has 0 aliphatic carbocycles. The first-order valence-electron chi connectivity index (χ1n) is 5.42. The number of benzene rings is 1. The lowest BCUT2D eigenvalue weighted by molar-refractivity contribution is 0.0690. The summed E-state index contributed by atoms with van der Waals surface area (Å²) in [6.45, 7) is 3.95. The van der Waals surface area contributed by atoms with Gasteiger partial charge in [0.1, 0.15) is 5.01 Å². The first-order valence-corrected chi connectivity index (χ1v) is 6.23. The minimum atomic E-state index is -0.947. The molecule has 0 spiro atoms. The Hall–Kier alpha value is -1.68. The van der Waals surface area contributed by atoms with Gasteiger partial charge in [0, 0.05) is 10.4 Å². The first kappa shape index (κ1) is 11.8. The van der Waals surface area contributed by atoms with Gasteiger partial charge in [0.2, 0.25) is 0 Å². The normalized spacial score (nSPS) is 10.5. The lowest BCUT2D eigenvalue weighted by Crippen LogP contribution is -1.99. The van der Waals surface area contributed by atoms with Crippen molar-refractivity contribution in [3.63, 3.8) is 0 Å². The summed E-state index contributed by atoms with van der Waals surface area (Å²) in [7, 11) is 0. The number of rotatable bonds is 3. The second-order valence-corrected chi connectivity index (χ2v) is 4.90. The number of carbonyl (C=O) groups is 1. The average Bonchev–Trinajstić information content (AvgIpc) is 2.73. The van der Waals surface area contributed by atoms with E-state index < -0.39 is 5.97 Å². The molecule has 1 aromatic heterocycles. The summed E-state index contributed by atoms with van der Waals surface area (Å²) < 4.78 is 0. The van der Waals surface area contributed by atoms with Gasteiger partial charge in [0.15, 0.2) is 5.69 Å². The molecule has 0 aliphatic rings. The Labute approximate surface area is 104 Å². The molecule has 0 aliphatic heterocycles. The third-order valence-corrected chi connectivity index (χ3v) is 3.73. The van der Waals surface area contributed by atoms with Gasteiger partial charge in [-0.2, -0.15) is 0 Å². The Morgan fingerprint density at radius 2 is 2.24 bits per heavy atom. The Kier molecular flexibility index (Phi) is 3.24. The number of aromatic nitrogens is 1. The highest BCUT2D eigenvalue weighted by Crippen LogP contribution is 2.29. The van der Waals surface area contributed by atoms with Crippen molar-refractivity contribution < 1.29 is 9.90 Å². The molecular weight excluding hydrogens is 234 g/mol. The van der Waals surface area contributed by atoms with E-state index in [-0.39, 0.29) is 5.69 Å². The van der Waals surface area contributed by atoms with Crippen molar-refractivity contribution in [2.75, 3.05) is 0 Å². The quantitative estimate of drug-likeness (QED) is 0.904. The fourth-order valence-electron chi connectivity index (χ4n) is 1.66. The van der Waals surface area contributed by atoms with E-state index in [2.05, 4.69) is 4.98 Å². The molecule has 0 fully saturated rings. The van der Waals surface area contributed by atoms with Crippen LogP contribution in [0.15, 0.2) is 24.3 Å². The van der Waals surface area contributed by atoms with Crippen LogP contribution in [0.2, 0.25) is 0 Å². The topological polar surface area (TPSA) is 50.2 Å². The molecule has 2 aromatic rings. The second-order valence-electron chi connectivity index (χ2n) is 3.82. The number of carboxylic acid groups (broad SMARTS) is 1. The smallest absolute Gasteiger partial charge is 0.355 e. The third-order valence-electron chi connectivity index (χ3n) is 2.49. The van der Waals surface area contributed by atoms with E-state index in [0.29, 0.717) is 6.42 Å². The minimum absolute atomic E-state index is 0.189. The molecule has 0 saturated heterocycles. The molecule has 0 atom stereocenters. The Balaban J connectivity index is 2.50. The largest absolute Gasteiger partial charge is 0.476 e. The molecule has 17 heavy (non-hydrogen) atoms. The number of hydrogen-bond donors (Lipinski definition) is 1. The summed E-state index contributed by atoms with van der Waals surface area (Å²) in [5.74, 6) is -0.947. The Morgan fingerprint density at radius 3 is 2.76 bits per heavy atom. The molecule has 1 N–H and O–H groups in total. The molecule has 1 heterocycles. The van der Waals surface area contributed by atoms with Crippen LogP contribution in [0.1, 0.15) is 27.9 Å². The van der Waals surface area contributed by atoms with Crippen LogP contribution in [0.5, 0.6) is 0 Å². The van der Waals surface area contributed by atoms with Crippen molar-refractivity contribution in [3.8, 4) is 10.6 Å². The van der Waals surface area contributed by atoms with Crippen LogP contribution in [0.3, 0.4) is 0 Å². The Bertz CT molecular complexity index is 560. The monoisotopic (exact) mass is 247 g/mol. The molecule has 1 aromatic carbocycles. The van der Waals surface area contributed by atoms with Crippen LogP contribution in [-0.4, -0.2) is 16.1 Å². The van der Waals surface area contributed by atoms with Crippen molar-refractivity contribution >= 4 is 17.3 Å². The van der Waals surface area contributed by atoms with E-state index in [1.165, 1.54) is 11.3 Å². The second kappa shape index (κ2) is 4.67. The zero-order chi connectivity index (χ0) is 12.4. The summed E-state index contributed by atoms with van der Waals surface area (Å²) in [5.41, 5.74) is 2.32. The molecular formula is C13H13NO2S. The molecule has 88 valence electrons. The number of nitrogens with zero attached hydrogens (tertiary/aromatic N) is 1. The minimum Gasteiger partial charge on any atom is -0.476 e. The SMILES string of the molecule is CCc1sc(-c2cccc(C)c2)nc1C(=O)O. The van der Waals surface area contributed by atoms with Gasteiger partial charge in [-0.15, -0.1) is 11.3 Å². The standard InChI is InChI=1S/C13H13NO2S/c1-3-10-11(13(15)16)14-12(17-10)9-6-4-5-8(2)7-9/h4-7H,3H2,1-2H3,(H,15,16). The van der Waals surface area contributed by atoms with Crippen molar-refractivity contribution in [3.05, 3.63) is 40.4 Å². The van der Waals surface area contributed by atoms with Crippen LogP contribution >= 0.6 is 11.3 Å². The maximum Gasteiger partial charge on any atom is 0.355 e. The van der Waals surface area contributed by atoms with Gasteiger partial charge in [0.05, 0.1) is 0 Å². The maximum absolute atomic E-state index is 11.0. The van der Waals surface area contributed by atoms with E-state index in [1.807, 2.05) is 38.1 Å². The fraction of sp³-hybridized carbons (Fsp3) is 0.231. The average molecular weight is 247 g/mol. The van der Waals surface area contributed by atoms with Gasteiger partial charge in [-0.1, -0.05) is 30.7 Å². The van der Waals surface area contributed by atoms with E-state index in [1.54, 1.807) is 0 Å². The summed E-state index contributed by atoms with van der Waals surface area (Å²) in [5, 5.41) is 9.84. The van der Waals surface area contributed by atoms with Gasteiger partial charge in [-0.25, -0.2) is 9.78 Å². The summed E-state index contributed by atoms with van der Waals surface area (Å²) in [6, 6.07) is 7.94. The predicted octanol–water partition coefficient (Wildman–Crippen LogP) is 3.38. The van der Waals surface area contributed by atoms with Crippen LogP contribution < -0.4 is 0 Å². The van der Waals surface area contributed by atoms with E-state index in [4.69, 9.17) is 5.11 Å². The van der Waals surface area contributed by atoms with Gasteiger partial charge in [-0.05, 0) is 19.4 Å². The van der Waals surface area contributed by atoms with E-state index in [9.17, 15) is 4.79 Å². The molecule has 0 amide bonds. The molecule has 0 radical (unpaired) electrons. The Morgan fingerprint density at radius 1 is 1.47 bits per heavy atom. The molecule has 3 nitrogen and oxygen atoms in total. The van der Waals surface area contributed by atoms with Crippen LogP contribution in [-0.2, 0) is 6.42 Å². The maximum atomic E-state index is 11.0. The number of aromatic carboxylic acids is 1. The first-order chi connectivity index (χ1) is 8.11. The third kappa shape index (κ3) is 2.36. The molecule has 0 unspecified atom stereocenters. The highest BCUT2D eigenvalue weighted by atomic mass is 32.1. The van der Waals surface area contributed by atoms with E-state index >= 15 is 0 Å². The van der Waals surface area contributed by atoms with Gasteiger partial charge < -0.3 is 5.11 Å². The zero-order valence-corrected chi connectivity index (χ0v) is 10.5. The van der Waals surface area contributed by atoms with Gasteiger partial charge in [0.25, 0.3) is 0 Å². The molecule has 2 rings (SSSR count). The van der Waals surface area contributed by atoms with Crippen molar-refractivity contribution in [2.24, 2.45) is 0 Å². The predicted molar refractivity (Wildman–Crippen MR) is 68.6 cm³/mol. The van der Waals surface area contributed by atoms with Gasteiger partial charge >= 0.3 is 5.97 Å². The number of hydrogen-bond acceptors (Lipinski definition) is 3. The molecule has 0 bridgehead atoms. The lowest BCUT2D eigenvalue weighted by atomic mass is 10.1. The molecule has 0 saturated carbocycles. The fourth-order valence-corrected chi connectivity index (χ4v) is 2.65. The highest BCUT2D eigenvalue weighted by molar-refractivity contribution is 7.15. The zero-order valence-electron chi connectivity index (χ0n) is 9.73. The number of thiazole rings is 1. The van der Waals surface area contributed by atoms with Gasteiger partial charge in [-0.3, -0.25) is 0 Å². The van der Waals surface area contributed by atoms with Crippen LogP contribution in [0, 0.1) is 6.92 Å². The molecule has 4 heteroatoms. The summed E-state index contributed by atoms with van der Waals surface area (Å²) >= 11 is 1.46.